The first-order valence-corrected chi connectivity index (χ1v) is 9.03. The third-order valence-electron chi connectivity index (χ3n) is 3.45. The van der Waals surface area contributed by atoms with Crippen LogP contribution in [0.1, 0.15) is 37.6 Å². The Hall–Kier alpha value is -0.650. The molecule has 2 nitrogen and oxygen atoms in total. The fraction of sp³-hybridized carbons (Fsp3) is 0.267. The fourth-order valence-corrected chi connectivity index (χ4v) is 5.16. The predicted molar refractivity (Wildman–Crippen MR) is 89.9 cm³/mol. The van der Waals surface area contributed by atoms with Crippen LogP contribution < -0.4 is 5.32 Å². The molecule has 0 bridgehead atoms. The van der Waals surface area contributed by atoms with Gasteiger partial charge < -0.3 is 5.32 Å². The summed E-state index contributed by atoms with van der Waals surface area (Å²) in [4.78, 5) is 13.4. The van der Waals surface area contributed by atoms with E-state index in [1.165, 1.54) is 4.88 Å². The zero-order valence-electron chi connectivity index (χ0n) is 10.7. The summed E-state index contributed by atoms with van der Waals surface area (Å²) in [5, 5.41) is 5.01. The molecule has 1 N–H and O–H groups in total. The summed E-state index contributed by atoms with van der Waals surface area (Å²) in [6.45, 7) is 0.761. The molecule has 1 aliphatic heterocycles. The minimum absolute atomic E-state index is 0.0456. The first-order chi connectivity index (χ1) is 9.66. The molecule has 1 aromatic carbocycles. The van der Waals surface area contributed by atoms with Crippen molar-refractivity contribution >= 4 is 49.1 Å². The highest BCUT2D eigenvalue weighted by atomic mass is 79.9. The van der Waals surface area contributed by atoms with Crippen LogP contribution in [0, 0.1) is 0 Å². The number of amides is 1. The second-order valence-electron chi connectivity index (χ2n) is 4.77. The average molecular weight is 415 g/mol. The van der Waals surface area contributed by atoms with Gasteiger partial charge in [-0.25, -0.2) is 0 Å². The number of fused-ring (bicyclic) bond motifs is 1. The molecule has 1 aliphatic rings. The molecule has 104 valence electrons. The van der Waals surface area contributed by atoms with Gasteiger partial charge in [-0.05, 0) is 57.4 Å². The summed E-state index contributed by atoms with van der Waals surface area (Å²) in [7, 11) is 0. The molecule has 1 amide bonds. The molecule has 0 aliphatic carbocycles. The molecule has 2 heterocycles. The summed E-state index contributed by atoms with van der Waals surface area (Å²) >= 11 is 9.01. The topological polar surface area (TPSA) is 29.1 Å². The molecule has 0 radical (unpaired) electrons. The van der Waals surface area contributed by atoms with Crippen molar-refractivity contribution < 1.29 is 4.79 Å². The molecule has 20 heavy (non-hydrogen) atoms. The van der Waals surface area contributed by atoms with Crippen molar-refractivity contribution in [2.45, 2.75) is 17.7 Å². The maximum absolute atomic E-state index is 12.1. The quantitative estimate of drug-likeness (QED) is 0.710. The van der Waals surface area contributed by atoms with E-state index in [9.17, 15) is 4.79 Å². The standard InChI is InChI=1S/C15H13Br2NOS/c16-12-5-7-20-14(12)13(17)10-4-3-9-2-1-6-18-15(19)11(9)8-10/h3-5,7-8,13H,1-2,6H2,(H,18,19). The van der Waals surface area contributed by atoms with E-state index in [0.717, 1.165) is 40.5 Å². The third-order valence-corrected chi connectivity index (χ3v) is 6.68. The van der Waals surface area contributed by atoms with Gasteiger partial charge in [0.15, 0.2) is 0 Å². The minimum atomic E-state index is 0.0456. The van der Waals surface area contributed by atoms with E-state index in [0.29, 0.717) is 0 Å². The number of benzene rings is 1. The van der Waals surface area contributed by atoms with Crippen molar-refractivity contribution in [1.82, 2.24) is 5.32 Å². The van der Waals surface area contributed by atoms with Crippen LogP contribution in [0.15, 0.2) is 34.1 Å². The van der Waals surface area contributed by atoms with Crippen LogP contribution in [0.5, 0.6) is 0 Å². The summed E-state index contributed by atoms with van der Waals surface area (Å²) in [5.41, 5.74) is 3.08. The Labute approximate surface area is 138 Å². The Bertz CT molecular complexity index is 653. The number of alkyl halides is 1. The molecule has 1 aromatic heterocycles. The highest BCUT2D eigenvalue weighted by Gasteiger charge is 2.20. The Balaban J connectivity index is 2.00. The van der Waals surface area contributed by atoms with Crippen molar-refractivity contribution in [3.63, 3.8) is 0 Å². The number of aryl methyl sites for hydroxylation is 1. The van der Waals surface area contributed by atoms with Gasteiger partial charge in [0.2, 0.25) is 0 Å². The number of hydrogen-bond donors (Lipinski definition) is 1. The predicted octanol–water partition coefficient (Wildman–Crippen LogP) is 4.67. The molecule has 3 rings (SSSR count). The second-order valence-corrected chi connectivity index (χ2v) is 7.49. The number of halogens is 2. The van der Waals surface area contributed by atoms with Gasteiger partial charge in [-0.1, -0.05) is 28.1 Å². The number of nitrogens with one attached hydrogen (secondary N) is 1. The number of hydrogen-bond acceptors (Lipinski definition) is 2. The lowest BCUT2D eigenvalue weighted by Crippen LogP contribution is -2.22. The van der Waals surface area contributed by atoms with E-state index in [2.05, 4.69) is 54.7 Å². The van der Waals surface area contributed by atoms with E-state index in [1.54, 1.807) is 11.3 Å². The van der Waals surface area contributed by atoms with Crippen LogP contribution in [0.25, 0.3) is 0 Å². The normalized spacial score (nSPS) is 16.2. The number of rotatable bonds is 2. The van der Waals surface area contributed by atoms with E-state index < -0.39 is 0 Å². The summed E-state index contributed by atoms with van der Waals surface area (Å²) in [6.07, 6.45) is 1.97. The lowest BCUT2D eigenvalue weighted by Gasteiger charge is -2.12. The van der Waals surface area contributed by atoms with Gasteiger partial charge in [0.1, 0.15) is 0 Å². The van der Waals surface area contributed by atoms with E-state index in [1.807, 2.05) is 12.1 Å². The van der Waals surface area contributed by atoms with Crippen LogP contribution >= 0.6 is 43.2 Å². The van der Waals surface area contributed by atoms with Gasteiger partial charge in [0.05, 0.1) is 4.83 Å². The lowest BCUT2D eigenvalue weighted by atomic mass is 9.99. The first-order valence-electron chi connectivity index (χ1n) is 6.45. The average Bonchev–Trinajstić information content (AvgIpc) is 2.79. The lowest BCUT2D eigenvalue weighted by molar-refractivity contribution is 0.0956. The van der Waals surface area contributed by atoms with E-state index in [-0.39, 0.29) is 10.7 Å². The van der Waals surface area contributed by atoms with Crippen molar-refractivity contribution in [2.24, 2.45) is 0 Å². The van der Waals surface area contributed by atoms with Crippen molar-refractivity contribution in [2.75, 3.05) is 6.54 Å². The molecular weight excluding hydrogens is 402 g/mol. The Morgan fingerprint density at radius 1 is 1.30 bits per heavy atom. The van der Waals surface area contributed by atoms with Gasteiger partial charge >= 0.3 is 0 Å². The maximum atomic E-state index is 12.1. The van der Waals surface area contributed by atoms with Crippen LogP contribution in [0.3, 0.4) is 0 Å². The molecule has 0 saturated carbocycles. The van der Waals surface area contributed by atoms with Gasteiger partial charge in [-0.3, -0.25) is 4.79 Å². The van der Waals surface area contributed by atoms with Gasteiger partial charge in [-0.15, -0.1) is 11.3 Å². The molecule has 0 fully saturated rings. The largest absolute Gasteiger partial charge is 0.352 e. The Morgan fingerprint density at radius 2 is 2.15 bits per heavy atom. The molecule has 1 unspecified atom stereocenters. The number of thiophene rings is 1. The van der Waals surface area contributed by atoms with Gasteiger partial charge in [0, 0.05) is 21.5 Å². The van der Waals surface area contributed by atoms with Crippen LogP contribution in [0.2, 0.25) is 0 Å². The summed E-state index contributed by atoms with van der Waals surface area (Å²) in [6, 6.07) is 8.26. The molecule has 1 atom stereocenters. The van der Waals surface area contributed by atoms with Crippen LogP contribution in [0.4, 0.5) is 0 Å². The minimum Gasteiger partial charge on any atom is -0.352 e. The summed E-state index contributed by atoms with van der Waals surface area (Å²) in [5.74, 6) is 0.0456. The first kappa shape index (κ1) is 14.3. The molecular formula is C15H13Br2NOS. The number of carbonyl (C=O) groups is 1. The molecule has 2 aromatic rings. The van der Waals surface area contributed by atoms with Gasteiger partial charge in [0.25, 0.3) is 5.91 Å². The Kier molecular flexibility index (Phi) is 4.29. The highest BCUT2D eigenvalue weighted by Crippen LogP contribution is 2.39. The van der Waals surface area contributed by atoms with E-state index >= 15 is 0 Å². The Morgan fingerprint density at radius 3 is 2.90 bits per heavy atom. The number of carbonyl (C=O) groups excluding carboxylic acids is 1. The SMILES string of the molecule is O=C1NCCCc2ccc(C(Br)c3sccc3Br)cc21. The van der Waals surface area contributed by atoms with Crippen molar-refractivity contribution in [3.8, 4) is 0 Å². The zero-order valence-corrected chi connectivity index (χ0v) is 14.6. The molecule has 0 saturated heterocycles. The van der Waals surface area contributed by atoms with Crippen LogP contribution in [-0.4, -0.2) is 12.5 Å². The van der Waals surface area contributed by atoms with Crippen molar-refractivity contribution in [3.05, 3.63) is 55.7 Å². The van der Waals surface area contributed by atoms with Gasteiger partial charge in [-0.2, -0.15) is 0 Å². The smallest absolute Gasteiger partial charge is 0.251 e. The van der Waals surface area contributed by atoms with E-state index in [4.69, 9.17) is 0 Å². The fourth-order valence-electron chi connectivity index (χ4n) is 2.39. The van der Waals surface area contributed by atoms with Crippen molar-refractivity contribution in [1.29, 1.82) is 0 Å². The second kappa shape index (κ2) is 6.00. The molecule has 5 heteroatoms. The zero-order chi connectivity index (χ0) is 14.1. The van der Waals surface area contributed by atoms with Crippen LogP contribution in [-0.2, 0) is 6.42 Å². The monoisotopic (exact) mass is 413 g/mol. The summed E-state index contributed by atoms with van der Waals surface area (Å²) < 4.78 is 1.10. The third kappa shape index (κ3) is 2.71. The molecule has 0 spiro atoms. The highest BCUT2D eigenvalue weighted by molar-refractivity contribution is 9.11. The maximum Gasteiger partial charge on any atom is 0.251 e.